The van der Waals surface area contributed by atoms with Crippen LogP contribution < -0.4 is 5.32 Å². The normalized spacial score (nSPS) is 10.7. The topological polar surface area (TPSA) is 68.5 Å². The molecule has 0 aliphatic rings. The van der Waals surface area contributed by atoms with Crippen LogP contribution >= 0.6 is 0 Å². The van der Waals surface area contributed by atoms with Crippen molar-refractivity contribution in [2.24, 2.45) is 0 Å². The summed E-state index contributed by atoms with van der Waals surface area (Å²) >= 11 is 0. The Labute approximate surface area is 145 Å². The third kappa shape index (κ3) is 3.40. The van der Waals surface area contributed by atoms with Crippen molar-refractivity contribution in [1.29, 1.82) is 0 Å². The molecule has 0 aliphatic carbocycles. The number of methoxy groups -OCH3 is 1. The monoisotopic (exact) mass is 337 g/mol. The molecule has 0 saturated heterocycles. The van der Waals surface area contributed by atoms with Gasteiger partial charge < -0.3 is 14.5 Å². The standard InChI is InChI=1S/C20H19NO4/c1-12-8-16-14(11-25-18(16)9-13(12)2)10-19(22)21-17-7-5-4-6-15(17)20(23)24-3/h4-9,11H,10H2,1-3H3,(H,21,22). The summed E-state index contributed by atoms with van der Waals surface area (Å²) in [6, 6.07) is 10.8. The van der Waals surface area contributed by atoms with Crippen molar-refractivity contribution in [3.8, 4) is 0 Å². The first-order valence-corrected chi connectivity index (χ1v) is 7.94. The summed E-state index contributed by atoms with van der Waals surface area (Å²) in [6.07, 6.45) is 1.76. The first-order chi connectivity index (χ1) is 12.0. The van der Waals surface area contributed by atoms with E-state index in [9.17, 15) is 9.59 Å². The first kappa shape index (κ1) is 16.8. The molecule has 0 saturated carbocycles. The third-order valence-electron chi connectivity index (χ3n) is 4.23. The third-order valence-corrected chi connectivity index (χ3v) is 4.23. The van der Waals surface area contributed by atoms with Crippen LogP contribution in [0.2, 0.25) is 0 Å². The number of furan rings is 1. The largest absolute Gasteiger partial charge is 0.465 e. The second-order valence-electron chi connectivity index (χ2n) is 5.96. The second kappa shape index (κ2) is 6.81. The molecule has 0 bridgehead atoms. The number of hydrogen-bond acceptors (Lipinski definition) is 4. The number of carbonyl (C=O) groups is 2. The number of esters is 1. The molecule has 0 radical (unpaired) electrons. The second-order valence-corrected chi connectivity index (χ2v) is 5.96. The molecule has 0 aliphatic heterocycles. The highest BCUT2D eigenvalue weighted by molar-refractivity contribution is 6.02. The van der Waals surface area contributed by atoms with Crippen LogP contribution in [0.15, 0.2) is 47.1 Å². The van der Waals surface area contributed by atoms with Gasteiger partial charge in [0.25, 0.3) is 0 Å². The molecule has 1 heterocycles. The Morgan fingerprint density at radius 3 is 2.60 bits per heavy atom. The fraction of sp³-hybridized carbons (Fsp3) is 0.200. The molecule has 0 fully saturated rings. The average Bonchev–Trinajstić information content (AvgIpc) is 2.96. The Hall–Kier alpha value is -3.08. The summed E-state index contributed by atoms with van der Waals surface area (Å²) in [4.78, 5) is 24.2. The van der Waals surface area contributed by atoms with Gasteiger partial charge in [-0.15, -0.1) is 0 Å². The van der Waals surface area contributed by atoms with Crippen LogP contribution in [0.1, 0.15) is 27.0 Å². The fourth-order valence-corrected chi connectivity index (χ4v) is 2.72. The van der Waals surface area contributed by atoms with Crippen LogP contribution in [0.3, 0.4) is 0 Å². The molecule has 3 aromatic rings. The number of benzene rings is 2. The van der Waals surface area contributed by atoms with E-state index >= 15 is 0 Å². The van der Waals surface area contributed by atoms with E-state index in [0.29, 0.717) is 11.3 Å². The van der Waals surface area contributed by atoms with Gasteiger partial charge in [0.1, 0.15) is 5.58 Å². The van der Waals surface area contributed by atoms with Gasteiger partial charge in [-0.1, -0.05) is 12.1 Å². The molecule has 5 nitrogen and oxygen atoms in total. The highest BCUT2D eigenvalue weighted by Crippen LogP contribution is 2.25. The molecule has 0 spiro atoms. The maximum atomic E-state index is 12.4. The summed E-state index contributed by atoms with van der Waals surface area (Å²) < 4.78 is 10.3. The summed E-state index contributed by atoms with van der Waals surface area (Å²) in [6.45, 7) is 4.05. The van der Waals surface area contributed by atoms with Crippen molar-refractivity contribution in [1.82, 2.24) is 0 Å². The zero-order chi connectivity index (χ0) is 18.0. The van der Waals surface area contributed by atoms with Crippen LogP contribution in [-0.4, -0.2) is 19.0 Å². The Kier molecular flexibility index (Phi) is 4.57. The highest BCUT2D eigenvalue weighted by Gasteiger charge is 2.15. The van der Waals surface area contributed by atoms with E-state index in [2.05, 4.69) is 5.32 Å². The van der Waals surface area contributed by atoms with Crippen molar-refractivity contribution in [3.05, 3.63) is 64.9 Å². The lowest BCUT2D eigenvalue weighted by Gasteiger charge is -2.09. The summed E-state index contributed by atoms with van der Waals surface area (Å²) in [5.41, 5.74) is 4.62. The number of fused-ring (bicyclic) bond motifs is 1. The molecule has 0 unspecified atom stereocenters. The Balaban J connectivity index is 1.82. The number of anilines is 1. The van der Waals surface area contributed by atoms with Crippen LogP contribution in [0, 0.1) is 13.8 Å². The number of aryl methyl sites for hydroxylation is 2. The molecule has 3 rings (SSSR count). The number of hydrogen-bond donors (Lipinski definition) is 1. The zero-order valence-electron chi connectivity index (χ0n) is 14.4. The van der Waals surface area contributed by atoms with E-state index in [1.807, 2.05) is 26.0 Å². The summed E-state index contributed by atoms with van der Waals surface area (Å²) in [5.74, 6) is -0.715. The number of ether oxygens (including phenoxy) is 1. The van der Waals surface area contributed by atoms with Crippen LogP contribution in [0.4, 0.5) is 5.69 Å². The van der Waals surface area contributed by atoms with E-state index in [4.69, 9.17) is 9.15 Å². The summed E-state index contributed by atoms with van der Waals surface area (Å²) in [7, 11) is 1.31. The molecule has 128 valence electrons. The van der Waals surface area contributed by atoms with Crippen molar-refractivity contribution in [3.63, 3.8) is 0 Å². The molecule has 1 aromatic heterocycles. The number of amides is 1. The van der Waals surface area contributed by atoms with Gasteiger partial charge in [0.15, 0.2) is 0 Å². The Morgan fingerprint density at radius 1 is 1.12 bits per heavy atom. The van der Waals surface area contributed by atoms with E-state index in [0.717, 1.165) is 27.7 Å². The highest BCUT2D eigenvalue weighted by atomic mass is 16.5. The number of rotatable bonds is 4. The van der Waals surface area contributed by atoms with Crippen molar-refractivity contribution in [2.75, 3.05) is 12.4 Å². The van der Waals surface area contributed by atoms with E-state index in [-0.39, 0.29) is 12.3 Å². The van der Waals surface area contributed by atoms with Crippen LogP contribution in [0.5, 0.6) is 0 Å². The van der Waals surface area contributed by atoms with Gasteiger partial charge in [-0.25, -0.2) is 4.79 Å². The molecule has 1 amide bonds. The fourth-order valence-electron chi connectivity index (χ4n) is 2.72. The van der Waals surface area contributed by atoms with Gasteiger partial charge >= 0.3 is 5.97 Å². The molecular weight excluding hydrogens is 318 g/mol. The number of para-hydroxylation sites is 1. The minimum atomic E-state index is -0.490. The number of nitrogens with one attached hydrogen (secondary N) is 1. The Bertz CT molecular complexity index is 955. The summed E-state index contributed by atoms with van der Waals surface area (Å²) in [5, 5.41) is 3.70. The molecular formula is C20H19NO4. The van der Waals surface area contributed by atoms with Crippen molar-refractivity contribution < 1.29 is 18.7 Å². The molecule has 0 atom stereocenters. The number of carbonyl (C=O) groups excluding carboxylic acids is 2. The van der Waals surface area contributed by atoms with Gasteiger partial charge in [0, 0.05) is 10.9 Å². The SMILES string of the molecule is COC(=O)c1ccccc1NC(=O)Cc1coc2cc(C)c(C)cc12. The minimum absolute atomic E-state index is 0.158. The van der Waals surface area contributed by atoms with Gasteiger partial charge in [-0.2, -0.15) is 0 Å². The first-order valence-electron chi connectivity index (χ1n) is 7.94. The smallest absolute Gasteiger partial charge is 0.339 e. The van der Waals surface area contributed by atoms with Gasteiger partial charge in [0.2, 0.25) is 5.91 Å². The zero-order valence-corrected chi connectivity index (χ0v) is 14.4. The van der Waals surface area contributed by atoms with E-state index < -0.39 is 5.97 Å². The molecule has 1 N–H and O–H groups in total. The van der Waals surface area contributed by atoms with E-state index in [1.54, 1.807) is 30.5 Å². The maximum Gasteiger partial charge on any atom is 0.339 e. The Morgan fingerprint density at radius 2 is 1.84 bits per heavy atom. The average molecular weight is 337 g/mol. The van der Waals surface area contributed by atoms with E-state index in [1.165, 1.54) is 7.11 Å². The lowest BCUT2D eigenvalue weighted by Crippen LogP contribution is -2.17. The predicted molar refractivity (Wildman–Crippen MR) is 95.8 cm³/mol. The van der Waals surface area contributed by atoms with Gasteiger partial charge in [-0.3, -0.25) is 4.79 Å². The lowest BCUT2D eigenvalue weighted by atomic mass is 10.0. The molecule has 2 aromatic carbocycles. The maximum absolute atomic E-state index is 12.4. The van der Waals surface area contributed by atoms with Crippen LogP contribution in [0.25, 0.3) is 11.0 Å². The quantitative estimate of drug-likeness (QED) is 0.730. The van der Waals surface area contributed by atoms with Crippen molar-refractivity contribution >= 4 is 28.5 Å². The molecule has 25 heavy (non-hydrogen) atoms. The van der Waals surface area contributed by atoms with Crippen LogP contribution in [-0.2, 0) is 16.0 Å². The predicted octanol–water partition coefficient (Wildman–Crippen LogP) is 4.02. The molecule has 5 heteroatoms. The minimum Gasteiger partial charge on any atom is -0.465 e. The van der Waals surface area contributed by atoms with Gasteiger partial charge in [-0.05, 0) is 49.2 Å². The van der Waals surface area contributed by atoms with Crippen molar-refractivity contribution in [2.45, 2.75) is 20.3 Å². The van der Waals surface area contributed by atoms with Gasteiger partial charge in [0.05, 0.1) is 31.0 Å². The lowest BCUT2D eigenvalue weighted by molar-refractivity contribution is -0.115.